The van der Waals surface area contributed by atoms with E-state index in [9.17, 15) is 9.90 Å². The Hall–Kier alpha value is -2.38. The third-order valence-electron chi connectivity index (χ3n) is 4.40. The summed E-state index contributed by atoms with van der Waals surface area (Å²) in [6, 6.07) is 9.11. The summed E-state index contributed by atoms with van der Waals surface area (Å²) in [5, 5.41) is 14.4. The highest BCUT2D eigenvalue weighted by molar-refractivity contribution is 5.92. The zero-order valence-electron chi connectivity index (χ0n) is 14.5. The van der Waals surface area contributed by atoms with Crippen LogP contribution in [0.5, 0.6) is 5.75 Å². The Labute approximate surface area is 146 Å². The van der Waals surface area contributed by atoms with E-state index < -0.39 is 6.10 Å². The van der Waals surface area contributed by atoms with Gasteiger partial charge in [0.15, 0.2) is 0 Å². The van der Waals surface area contributed by atoms with Crippen molar-refractivity contribution in [2.24, 2.45) is 0 Å². The number of hydrogen-bond donors (Lipinski definition) is 1. The lowest BCUT2D eigenvalue weighted by Gasteiger charge is -2.24. The average molecular weight is 345 g/mol. The fourth-order valence-electron chi connectivity index (χ4n) is 3.14. The van der Waals surface area contributed by atoms with E-state index in [1.807, 2.05) is 24.3 Å². The second-order valence-corrected chi connectivity index (χ2v) is 6.10. The molecule has 0 spiro atoms. The van der Waals surface area contributed by atoms with Crippen LogP contribution in [0, 0.1) is 0 Å². The summed E-state index contributed by atoms with van der Waals surface area (Å²) in [5.74, 6) is 0.552. The molecule has 1 fully saturated rings. The van der Waals surface area contributed by atoms with Gasteiger partial charge in [-0.15, -0.1) is 0 Å². The lowest BCUT2D eigenvalue weighted by atomic mass is 10.0. The van der Waals surface area contributed by atoms with Gasteiger partial charge in [0.2, 0.25) is 0 Å². The van der Waals surface area contributed by atoms with Gasteiger partial charge in [-0.05, 0) is 30.2 Å². The van der Waals surface area contributed by atoms with Gasteiger partial charge in [-0.25, -0.2) is 0 Å². The van der Waals surface area contributed by atoms with Gasteiger partial charge in [-0.3, -0.25) is 9.48 Å². The first-order chi connectivity index (χ1) is 12.1. The lowest BCUT2D eigenvalue weighted by molar-refractivity contribution is 0.0708. The Bertz CT molecular complexity index is 731. The van der Waals surface area contributed by atoms with Gasteiger partial charge >= 0.3 is 0 Å². The van der Waals surface area contributed by atoms with Crippen LogP contribution in [0.25, 0.3) is 0 Å². The molecule has 25 heavy (non-hydrogen) atoms. The van der Waals surface area contributed by atoms with Crippen LogP contribution in [0.2, 0.25) is 0 Å². The van der Waals surface area contributed by atoms with Crippen molar-refractivity contribution in [2.45, 2.75) is 25.1 Å². The van der Waals surface area contributed by atoms with Crippen LogP contribution in [-0.4, -0.2) is 59.2 Å². The SMILES string of the molecule is COCCn1ccc(C(=O)N2CC(O)CC2c2cccc(OC)c2)n1. The minimum absolute atomic E-state index is 0.180. The molecule has 1 saturated heterocycles. The van der Waals surface area contributed by atoms with Crippen LogP contribution in [0.4, 0.5) is 0 Å². The number of likely N-dealkylation sites (tertiary alicyclic amines) is 1. The maximum atomic E-state index is 12.9. The smallest absolute Gasteiger partial charge is 0.274 e. The highest BCUT2D eigenvalue weighted by Crippen LogP contribution is 2.34. The number of amides is 1. The molecule has 1 amide bonds. The topological polar surface area (TPSA) is 76.8 Å². The molecule has 2 heterocycles. The van der Waals surface area contributed by atoms with Gasteiger partial charge in [-0.1, -0.05) is 12.1 Å². The minimum Gasteiger partial charge on any atom is -0.497 e. The van der Waals surface area contributed by atoms with E-state index in [0.717, 1.165) is 11.3 Å². The van der Waals surface area contributed by atoms with E-state index >= 15 is 0 Å². The molecule has 2 atom stereocenters. The van der Waals surface area contributed by atoms with E-state index in [1.54, 1.807) is 36.1 Å². The number of nitrogens with zero attached hydrogens (tertiary/aromatic N) is 3. The quantitative estimate of drug-likeness (QED) is 0.858. The van der Waals surface area contributed by atoms with Crippen molar-refractivity contribution in [3.05, 3.63) is 47.8 Å². The van der Waals surface area contributed by atoms with E-state index in [0.29, 0.717) is 31.8 Å². The number of hydrogen-bond acceptors (Lipinski definition) is 5. The van der Waals surface area contributed by atoms with Crippen LogP contribution in [-0.2, 0) is 11.3 Å². The monoisotopic (exact) mass is 345 g/mol. The molecule has 1 aromatic carbocycles. The zero-order valence-corrected chi connectivity index (χ0v) is 14.5. The third kappa shape index (κ3) is 3.83. The van der Waals surface area contributed by atoms with Gasteiger partial charge in [0.1, 0.15) is 11.4 Å². The molecule has 3 rings (SSSR count). The van der Waals surface area contributed by atoms with Crippen molar-refractivity contribution in [2.75, 3.05) is 27.4 Å². The molecule has 7 nitrogen and oxygen atoms in total. The molecule has 1 aromatic heterocycles. The van der Waals surface area contributed by atoms with Crippen molar-refractivity contribution in [3.8, 4) is 5.75 Å². The summed E-state index contributed by atoms with van der Waals surface area (Å²) in [4.78, 5) is 14.6. The molecule has 0 saturated carbocycles. The number of rotatable bonds is 6. The number of aliphatic hydroxyl groups excluding tert-OH is 1. The van der Waals surface area contributed by atoms with Gasteiger partial charge in [0.05, 0.1) is 32.4 Å². The molecule has 0 radical (unpaired) electrons. The highest BCUT2D eigenvalue weighted by atomic mass is 16.5. The summed E-state index contributed by atoms with van der Waals surface area (Å²) >= 11 is 0. The van der Waals surface area contributed by atoms with Crippen molar-refractivity contribution in [1.29, 1.82) is 0 Å². The summed E-state index contributed by atoms with van der Waals surface area (Å²) in [5.41, 5.74) is 1.32. The average Bonchev–Trinajstić information content (AvgIpc) is 3.26. The fraction of sp³-hybridized carbons (Fsp3) is 0.444. The fourth-order valence-corrected chi connectivity index (χ4v) is 3.14. The number of aliphatic hydroxyl groups is 1. The Balaban J connectivity index is 1.81. The maximum absolute atomic E-state index is 12.9. The number of ether oxygens (including phenoxy) is 2. The number of benzene rings is 1. The molecule has 2 unspecified atom stereocenters. The molecule has 7 heteroatoms. The predicted octanol–water partition coefficient (Wildman–Crippen LogP) is 1.49. The minimum atomic E-state index is -0.546. The van der Waals surface area contributed by atoms with Crippen LogP contribution in [0.15, 0.2) is 36.5 Å². The first kappa shape index (κ1) is 17.4. The predicted molar refractivity (Wildman–Crippen MR) is 91.5 cm³/mol. The first-order valence-corrected chi connectivity index (χ1v) is 8.27. The first-order valence-electron chi connectivity index (χ1n) is 8.27. The molecular weight excluding hydrogens is 322 g/mol. The Kier molecular flexibility index (Phi) is 5.35. The zero-order chi connectivity index (χ0) is 17.8. The van der Waals surface area contributed by atoms with Gasteiger partial charge in [0, 0.05) is 19.9 Å². The van der Waals surface area contributed by atoms with Crippen molar-refractivity contribution in [1.82, 2.24) is 14.7 Å². The van der Waals surface area contributed by atoms with Gasteiger partial charge in [-0.2, -0.15) is 5.10 Å². The van der Waals surface area contributed by atoms with E-state index in [4.69, 9.17) is 9.47 Å². The van der Waals surface area contributed by atoms with E-state index in [1.165, 1.54) is 0 Å². The van der Waals surface area contributed by atoms with E-state index in [-0.39, 0.29) is 11.9 Å². The highest BCUT2D eigenvalue weighted by Gasteiger charge is 2.36. The largest absolute Gasteiger partial charge is 0.497 e. The van der Waals surface area contributed by atoms with Crippen LogP contribution in [0.1, 0.15) is 28.5 Å². The molecule has 1 aliphatic heterocycles. The van der Waals surface area contributed by atoms with Crippen LogP contribution >= 0.6 is 0 Å². The molecule has 134 valence electrons. The Morgan fingerprint density at radius 1 is 1.36 bits per heavy atom. The van der Waals surface area contributed by atoms with Crippen molar-refractivity contribution < 1.29 is 19.4 Å². The normalized spacial score (nSPS) is 20.0. The third-order valence-corrected chi connectivity index (χ3v) is 4.40. The van der Waals surface area contributed by atoms with Crippen LogP contribution in [0.3, 0.4) is 0 Å². The number of carbonyl (C=O) groups is 1. The standard InChI is InChI=1S/C18H23N3O4/c1-24-9-8-20-7-6-16(19-20)18(23)21-12-14(22)11-17(21)13-4-3-5-15(10-13)25-2/h3-7,10,14,17,22H,8-9,11-12H2,1-2H3. The summed E-state index contributed by atoms with van der Waals surface area (Å²) in [7, 11) is 3.23. The van der Waals surface area contributed by atoms with Gasteiger partial charge < -0.3 is 19.5 Å². The maximum Gasteiger partial charge on any atom is 0.274 e. The molecular formula is C18H23N3O4. The molecule has 0 bridgehead atoms. The van der Waals surface area contributed by atoms with Crippen LogP contribution < -0.4 is 4.74 Å². The van der Waals surface area contributed by atoms with E-state index in [2.05, 4.69) is 5.10 Å². The van der Waals surface area contributed by atoms with Crippen molar-refractivity contribution in [3.63, 3.8) is 0 Å². The van der Waals surface area contributed by atoms with Crippen molar-refractivity contribution >= 4 is 5.91 Å². The Morgan fingerprint density at radius 2 is 2.20 bits per heavy atom. The second kappa shape index (κ2) is 7.67. The van der Waals surface area contributed by atoms with Gasteiger partial charge in [0.25, 0.3) is 5.91 Å². The second-order valence-electron chi connectivity index (χ2n) is 6.10. The number of aromatic nitrogens is 2. The molecule has 0 aliphatic carbocycles. The molecule has 1 aliphatic rings. The summed E-state index contributed by atoms with van der Waals surface area (Å²) < 4.78 is 12.0. The number of carbonyl (C=O) groups excluding carboxylic acids is 1. The number of methoxy groups -OCH3 is 2. The molecule has 1 N–H and O–H groups in total. The Morgan fingerprint density at radius 3 is 2.96 bits per heavy atom. The lowest BCUT2D eigenvalue weighted by Crippen LogP contribution is -2.32. The number of β-amino-alcohol motifs (C(OH)–C–C–N with tert-alkyl or cyclic N) is 1. The summed E-state index contributed by atoms with van der Waals surface area (Å²) in [6.45, 7) is 1.42. The summed E-state index contributed by atoms with van der Waals surface area (Å²) in [6.07, 6.45) is 1.72. The molecule has 2 aromatic rings.